The van der Waals surface area contributed by atoms with Crippen molar-refractivity contribution in [2.75, 3.05) is 17.7 Å². The first kappa shape index (κ1) is 12.7. The molecule has 0 bridgehead atoms. The van der Waals surface area contributed by atoms with Crippen molar-refractivity contribution < 1.29 is 5.11 Å². The monoisotopic (exact) mass is 224 g/mol. The summed E-state index contributed by atoms with van der Waals surface area (Å²) in [7, 11) is 0. The average molecular weight is 224 g/mol. The number of nitrogen functional groups attached to an aromatic ring is 1. The summed E-state index contributed by atoms with van der Waals surface area (Å²) in [6.07, 6.45) is 0.798. The summed E-state index contributed by atoms with van der Waals surface area (Å²) in [6, 6.07) is 0. The van der Waals surface area contributed by atoms with Gasteiger partial charge in [0.1, 0.15) is 17.5 Å². The van der Waals surface area contributed by atoms with E-state index in [4.69, 9.17) is 5.73 Å². The molecule has 0 spiro atoms. The molecule has 1 aromatic rings. The number of aryl methyl sites for hydroxylation is 1. The predicted octanol–water partition coefficient (Wildman–Crippen LogP) is 1.25. The highest BCUT2D eigenvalue weighted by Crippen LogP contribution is 2.22. The lowest BCUT2D eigenvalue weighted by Gasteiger charge is -2.28. The van der Waals surface area contributed by atoms with Gasteiger partial charge >= 0.3 is 0 Å². The Kier molecular flexibility index (Phi) is 3.70. The average Bonchev–Trinajstić information content (AvgIpc) is 2.25. The molecule has 4 N–H and O–H groups in total. The van der Waals surface area contributed by atoms with Crippen molar-refractivity contribution >= 4 is 11.6 Å². The van der Waals surface area contributed by atoms with Gasteiger partial charge in [-0.3, -0.25) is 0 Å². The number of hydrogen-bond acceptors (Lipinski definition) is 5. The molecule has 5 nitrogen and oxygen atoms in total. The van der Waals surface area contributed by atoms with Gasteiger partial charge in [0.25, 0.3) is 0 Å². The Bertz CT molecular complexity index is 374. The molecule has 0 fully saturated rings. The van der Waals surface area contributed by atoms with E-state index in [0.29, 0.717) is 17.5 Å². The molecule has 0 amide bonds. The minimum absolute atomic E-state index is 0.0475. The summed E-state index contributed by atoms with van der Waals surface area (Å²) in [4.78, 5) is 8.38. The lowest BCUT2D eigenvalue weighted by Crippen LogP contribution is -2.38. The van der Waals surface area contributed by atoms with Crippen LogP contribution >= 0.6 is 0 Å². The van der Waals surface area contributed by atoms with Gasteiger partial charge in [-0.15, -0.1) is 0 Å². The van der Waals surface area contributed by atoms with E-state index in [-0.39, 0.29) is 12.1 Å². The Morgan fingerprint density at radius 3 is 2.50 bits per heavy atom. The van der Waals surface area contributed by atoms with E-state index in [1.54, 1.807) is 6.92 Å². The zero-order chi connectivity index (χ0) is 12.3. The van der Waals surface area contributed by atoms with Gasteiger partial charge in [0.05, 0.1) is 12.1 Å². The maximum atomic E-state index is 9.34. The fraction of sp³-hybridized carbons (Fsp3) is 0.636. The lowest BCUT2D eigenvalue weighted by molar-refractivity contribution is 0.218. The Labute approximate surface area is 96.1 Å². The van der Waals surface area contributed by atoms with Crippen molar-refractivity contribution in [2.24, 2.45) is 0 Å². The number of aliphatic hydroxyl groups is 1. The Morgan fingerprint density at radius 1 is 1.38 bits per heavy atom. The van der Waals surface area contributed by atoms with E-state index >= 15 is 0 Å². The molecule has 1 rings (SSSR count). The Hall–Kier alpha value is -1.36. The minimum Gasteiger partial charge on any atom is -0.394 e. The van der Waals surface area contributed by atoms with Gasteiger partial charge < -0.3 is 16.2 Å². The predicted molar refractivity (Wildman–Crippen MR) is 65.3 cm³/mol. The second kappa shape index (κ2) is 4.65. The molecule has 1 aromatic heterocycles. The van der Waals surface area contributed by atoms with Crippen molar-refractivity contribution in [3.05, 3.63) is 11.4 Å². The number of anilines is 2. The van der Waals surface area contributed by atoms with Crippen molar-refractivity contribution in [2.45, 2.75) is 39.7 Å². The van der Waals surface area contributed by atoms with E-state index in [1.807, 2.05) is 20.8 Å². The van der Waals surface area contributed by atoms with Crippen molar-refractivity contribution in [3.8, 4) is 0 Å². The molecule has 1 atom stereocenters. The van der Waals surface area contributed by atoms with E-state index in [9.17, 15) is 5.11 Å². The van der Waals surface area contributed by atoms with E-state index in [2.05, 4.69) is 15.3 Å². The number of aliphatic hydroxyl groups excluding tert-OH is 1. The SMILES string of the molecule is CCC(C)(CO)Nc1nc(C)nc(N)c1C. The van der Waals surface area contributed by atoms with Crippen LogP contribution in [-0.4, -0.2) is 27.2 Å². The summed E-state index contributed by atoms with van der Waals surface area (Å²) in [6.45, 7) is 7.66. The zero-order valence-electron chi connectivity index (χ0n) is 10.3. The molecule has 1 heterocycles. The molecule has 0 aliphatic carbocycles. The fourth-order valence-corrected chi connectivity index (χ4v) is 1.30. The van der Waals surface area contributed by atoms with Gasteiger partial charge in [-0.2, -0.15) is 0 Å². The van der Waals surface area contributed by atoms with Crippen LogP contribution in [-0.2, 0) is 0 Å². The van der Waals surface area contributed by atoms with Gasteiger partial charge in [-0.05, 0) is 27.2 Å². The summed E-state index contributed by atoms with van der Waals surface area (Å²) < 4.78 is 0. The van der Waals surface area contributed by atoms with Crippen LogP contribution in [0.25, 0.3) is 0 Å². The maximum Gasteiger partial charge on any atom is 0.135 e. The van der Waals surface area contributed by atoms with Crippen LogP contribution in [0.5, 0.6) is 0 Å². The van der Waals surface area contributed by atoms with Crippen LogP contribution in [0.2, 0.25) is 0 Å². The third-order valence-electron chi connectivity index (χ3n) is 2.84. The van der Waals surface area contributed by atoms with Crippen LogP contribution in [0.1, 0.15) is 31.7 Å². The molecule has 0 aliphatic rings. The second-order valence-electron chi connectivity index (χ2n) is 4.33. The number of rotatable bonds is 4. The molecule has 0 radical (unpaired) electrons. The van der Waals surface area contributed by atoms with Crippen LogP contribution in [0.15, 0.2) is 0 Å². The highest BCUT2D eigenvalue weighted by Gasteiger charge is 2.22. The third-order valence-corrected chi connectivity index (χ3v) is 2.84. The molecular weight excluding hydrogens is 204 g/mol. The number of hydrogen-bond donors (Lipinski definition) is 3. The van der Waals surface area contributed by atoms with E-state index in [1.165, 1.54) is 0 Å². The molecule has 0 saturated heterocycles. The topological polar surface area (TPSA) is 84.1 Å². The highest BCUT2D eigenvalue weighted by atomic mass is 16.3. The van der Waals surface area contributed by atoms with Gasteiger partial charge in [0.15, 0.2) is 0 Å². The smallest absolute Gasteiger partial charge is 0.135 e. The molecular formula is C11H20N4O. The van der Waals surface area contributed by atoms with Gasteiger partial charge in [0.2, 0.25) is 0 Å². The normalized spacial score (nSPS) is 14.6. The van der Waals surface area contributed by atoms with Gasteiger partial charge in [0, 0.05) is 5.56 Å². The van der Waals surface area contributed by atoms with Crippen molar-refractivity contribution in [3.63, 3.8) is 0 Å². The molecule has 0 aromatic carbocycles. The summed E-state index contributed by atoms with van der Waals surface area (Å²) in [5, 5.41) is 12.6. The van der Waals surface area contributed by atoms with E-state index < -0.39 is 0 Å². The minimum atomic E-state index is -0.377. The zero-order valence-corrected chi connectivity index (χ0v) is 10.3. The van der Waals surface area contributed by atoms with Crippen LogP contribution in [0.4, 0.5) is 11.6 Å². The first-order valence-corrected chi connectivity index (χ1v) is 5.41. The van der Waals surface area contributed by atoms with Crippen LogP contribution in [0.3, 0.4) is 0 Å². The Morgan fingerprint density at radius 2 is 2.00 bits per heavy atom. The van der Waals surface area contributed by atoms with Crippen LogP contribution in [0, 0.1) is 13.8 Å². The molecule has 90 valence electrons. The van der Waals surface area contributed by atoms with Gasteiger partial charge in [-0.1, -0.05) is 6.92 Å². The quantitative estimate of drug-likeness (QED) is 0.716. The molecule has 1 unspecified atom stereocenters. The first-order chi connectivity index (χ1) is 7.41. The summed E-state index contributed by atoms with van der Waals surface area (Å²) in [5.41, 5.74) is 6.21. The van der Waals surface area contributed by atoms with Crippen LogP contribution < -0.4 is 11.1 Å². The molecule has 5 heteroatoms. The molecule has 16 heavy (non-hydrogen) atoms. The second-order valence-corrected chi connectivity index (χ2v) is 4.33. The third kappa shape index (κ3) is 2.61. The number of aromatic nitrogens is 2. The first-order valence-electron chi connectivity index (χ1n) is 5.41. The van der Waals surface area contributed by atoms with Gasteiger partial charge in [-0.25, -0.2) is 9.97 Å². The Balaban J connectivity index is 3.05. The highest BCUT2D eigenvalue weighted by molar-refractivity contribution is 5.55. The fourth-order valence-electron chi connectivity index (χ4n) is 1.30. The number of nitrogens with two attached hydrogens (primary N) is 1. The lowest BCUT2D eigenvalue weighted by atomic mass is 10.00. The maximum absolute atomic E-state index is 9.34. The van der Waals surface area contributed by atoms with E-state index in [0.717, 1.165) is 12.0 Å². The number of nitrogens with one attached hydrogen (secondary N) is 1. The summed E-state index contributed by atoms with van der Waals surface area (Å²) in [5.74, 6) is 1.80. The molecule has 0 saturated carbocycles. The largest absolute Gasteiger partial charge is 0.394 e. The standard InChI is InChI=1S/C11H20N4O/c1-5-11(4,6-16)15-10-7(2)9(12)13-8(3)14-10/h16H,5-6H2,1-4H3,(H3,12,13,14,15). The summed E-state index contributed by atoms with van der Waals surface area (Å²) >= 11 is 0. The van der Waals surface area contributed by atoms with Crippen molar-refractivity contribution in [1.82, 2.24) is 9.97 Å². The van der Waals surface area contributed by atoms with Crippen molar-refractivity contribution in [1.29, 1.82) is 0 Å². The molecule has 0 aliphatic heterocycles. The number of nitrogens with zero attached hydrogens (tertiary/aromatic N) is 2.